The van der Waals surface area contributed by atoms with Crippen LogP contribution in [0.5, 0.6) is 0 Å². The van der Waals surface area contributed by atoms with Crippen molar-refractivity contribution in [1.82, 2.24) is 0 Å². The van der Waals surface area contributed by atoms with Crippen LogP contribution < -0.4 is 5.73 Å². The van der Waals surface area contributed by atoms with Gasteiger partial charge in [0.1, 0.15) is 0 Å². The molecule has 0 spiro atoms. The molecule has 0 aliphatic heterocycles. The Morgan fingerprint density at radius 3 is 2.47 bits per heavy atom. The van der Waals surface area contributed by atoms with Crippen molar-refractivity contribution in [2.75, 3.05) is 5.73 Å². The summed E-state index contributed by atoms with van der Waals surface area (Å²) >= 11 is 13.5. The molecule has 0 fully saturated rings. The molecule has 2 N–H and O–H groups in total. The smallest absolute Gasteiger partial charge is 0.0603 e. The van der Waals surface area contributed by atoms with E-state index in [-0.39, 0.29) is 0 Å². The number of rotatable bonds is 2. The van der Waals surface area contributed by atoms with Gasteiger partial charge in [0.25, 0.3) is 0 Å². The van der Waals surface area contributed by atoms with E-state index in [1.165, 1.54) is 0 Å². The first-order chi connectivity index (χ1) is 8.08. The summed E-state index contributed by atoms with van der Waals surface area (Å²) in [5, 5.41) is 1.12. The second-order valence-electron chi connectivity index (χ2n) is 3.67. The minimum atomic E-state index is 0.559. The molecule has 0 aromatic heterocycles. The SMILES string of the molecule is Cc1cccc(N)c1Sc1ccc(Cl)c(Cl)c1. The summed E-state index contributed by atoms with van der Waals surface area (Å²) < 4.78 is 0. The number of halogens is 2. The van der Waals surface area contributed by atoms with Crippen molar-refractivity contribution in [2.24, 2.45) is 0 Å². The zero-order chi connectivity index (χ0) is 12.4. The van der Waals surface area contributed by atoms with E-state index in [1.54, 1.807) is 17.8 Å². The van der Waals surface area contributed by atoms with Gasteiger partial charge in [-0.25, -0.2) is 0 Å². The normalized spacial score (nSPS) is 10.5. The molecule has 0 atom stereocenters. The molecular weight excluding hydrogens is 273 g/mol. The van der Waals surface area contributed by atoms with E-state index in [4.69, 9.17) is 28.9 Å². The minimum Gasteiger partial charge on any atom is -0.398 e. The molecule has 0 bridgehead atoms. The Labute approximate surface area is 115 Å². The molecule has 2 aromatic carbocycles. The fourth-order valence-corrected chi connectivity index (χ4v) is 2.80. The molecule has 0 unspecified atom stereocenters. The van der Waals surface area contributed by atoms with Crippen LogP contribution in [0, 0.1) is 6.92 Å². The quantitative estimate of drug-likeness (QED) is 0.782. The number of hydrogen-bond donors (Lipinski definition) is 1. The summed E-state index contributed by atoms with van der Waals surface area (Å²) in [6.45, 7) is 2.04. The van der Waals surface area contributed by atoms with E-state index in [9.17, 15) is 0 Å². The van der Waals surface area contributed by atoms with Gasteiger partial charge in [-0.1, -0.05) is 47.1 Å². The van der Waals surface area contributed by atoms with Crippen molar-refractivity contribution in [2.45, 2.75) is 16.7 Å². The third-order valence-electron chi connectivity index (χ3n) is 2.35. The van der Waals surface area contributed by atoms with E-state index in [2.05, 4.69) is 0 Å². The lowest BCUT2D eigenvalue weighted by atomic mass is 10.2. The number of nitrogen functional groups attached to an aromatic ring is 1. The first-order valence-corrected chi connectivity index (χ1v) is 6.63. The average molecular weight is 284 g/mol. The monoisotopic (exact) mass is 283 g/mol. The molecule has 0 saturated heterocycles. The molecule has 0 radical (unpaired) electrons. The number of anilines is 1. The van der Waals surface area contributed by atoms with Crippen LogP contribution in [0.2, 0.25) is 10.0 Å². The van der Waals surface area contributed by atoms with Crippen molar-refractivity contribution in [3.8, 4) is 0 Å². The third-order valence-corrected chi connectivity index (χ3v) is 4.34. The van der Waals surface area contributed by atoms with E-state index >= 15 is 0 Å². The van der Waals surface area contributed by atoms with Gasteiger partial charge in [0.15, 0.2) is 0 Å². The number of aryl methyl sites for hydroxylation is 1. The van der Waals surface area contributed by atoms with Gasteiger partial charge in [-0.3, -0.25) is 0 Å². The number of benzene rings is 2. The lowest BCUT2D eigenvalue weighted by Crippen LogP contribution is -1.90. The first kappa shape index (κ1) is 12.6. The van der Waals surface area contributed by atoms with E-state index in [0.29, 0.717) is 10.0 Å². The van der Waals surface area contributed by atoms with Crippen LogP contribution in [0.4, 0.5) is 5.69 Å². The van der Waals surface area contributed by atoms with E-state index in [1.807, 2.05) is 37.3 Å². The Morgan fingerprint density at radius 1 is 1.06 bits per heavy atom. The number of hydrogen-bond acceptors (Lipinski definition) is 2. The predicted octanol–water partition coefficient (Wildman–Crippen LogP) is 5.04. The molecule has 4 heteroatoms. The maximum Gasteiger partial charge on any atom is 0.0603 e. The molecule has 0 aliphatic rings. The van der Waals surface area contributed by atoms with Gasteiger partial charge in [0, 0.05) is 15.5 Å². The highest BCUT2D eigenvalue weighted by atomic mass is 35.5. The Morgan fingerprint density at radius 2 is 1.82 bits per heavy atom. The van der Waals surface area contributed by atoms with E-state index < -0.39 is 0 Å². The minimum absolute atomic E-state index is 0.559. The molecule has 2 aromatic rings. The van der Waals surface area contributed by atoms with Crippen molar-refractivity contribution in [3.63, 3.8) is 0 Å². The molecule has 1 nitrogen and oxygen atoms in total. The fourth-order valence-electron chi connectivity index (χ4n) is 1.47. The highest BCUT2D eigenvalue weighted by molar-refractivity contribution is 7.99. The Bertz CT molecular complexity index is 535. The predicted molar refractivity (Wildman–Crippen MR) is 76.2 cm³/mol. The number of nitrogens with two attached hydrogens (primary N) is 1. The highest BCUT2D eigenvalue weighted by Crippen LogP contribution is 2.36. The van der Waals surface area contributed by atoms with Gasteiger partial charge in [0.05, 0.1) is 10.0 Å². The summed E-state index contributed by atoms with van der Waals surface area (Å²) in [7, 11) is 0. The summed E-state index contributed by atoms with van der Waals surface area (Å²) in [5.74, 6) is 0. The van der Waals surface area contributed by atoms with Crippen molar-refractivity contribution >= 4 is 40.7 Å². The zero-order valence-corrected chi connectivity index (χ0v) is 11.5. The molecule has 0 amide bonds. The van der Waals surface area contributed by atoms with Crippen LogP contribution in [-0.4, -0.2) is 0 Å². The van der Waals surface area contributed by atoms with Gasteiger partial charge < -0.3 is 5.73 Å². The summed E-state index contributed by atoms with van der Waals surface area (Å²) in [6, 6.07) is 11.5. The molecule has 0 heterocycles. The molecule has 17 heavy (non-hydrogen) atoms. The largest absolute Gasteiger partial charge is 0.398 e. The van der Waals surface area contributed by atoms with Crippen molar-refractivity contribution in [3.05, 3.63) is 52.0 Å². The van der Waals surface area contributed by atoms with Crippen molar-refractivity contribution in [1.29, 1.82) is 0 Å². The third kappa shape index (κ3) is 2.89. The van der Waals surface area contributed by atoms with Crippen LogP contribution in [-0.2, 0) is 0 Å². The summed E-state index contributed by atoms with van der Waals surface area (Å²) in [4.78, 5) is 2.09. The molecule has 88 valence electrons. The maximum absolute atomic E-state index is 5.98. The van der Waals surface area contributed by atoms with Gasteiger partial charge >= 0.3 is 0 Å². The zero-order valence-electron chi connectivity index (χ0n) is 9.21. The lowest BCUT2D eigenvalue weighted by molar-refractivity contribution is 1.30. The fraction of sp³-hybridized carbons (Fsp3) is 0.0769. The Kier molecular flexibility index (Phi) is 3.87. The van der Waals surface area contributed by atoms with Crippen LogP contribution in [0.25, 0.3) is 0 Å². The van der Waals surface area contributed by atoms with Crippen LogP contribution >= 0.6 is 35.0 Å². The van der Waals surface area contributed by atoms with Crippen LogP contribution in [0.15, 0.2) is 46.2 Å². The van der Waals surface area contributed by atoms with Gasteiger partial charge in [0.2, 0.25) is 0 Å². The maximum atomic E-state index is 5.98. The standard InChI is InChI=1S/C13H11Cl2NS/c1-8-3-2-4-12(16)13(8)17-9-5-6-10(14)11(15)7-9/h2-7H,16H2,1H3. The Balaban J connectivity index is 2.35. The van der Waals surface area contributed by atoms with E-state index in [0.717, 1.165) is 21.0 Å². The van der Waals surface area contributed by atoms with Crippen LogP contribution in [0.1, 0.15) is 5.56 Å². The lowest BCUT2D eigenvalue weighted by Gasteiger charge is -2.09. The average Bonchev–Trinajstić information content (AvgIpc) is 2.28. The molecule has 0 saturated carbocycles. The first-order valence-electron chi connectivity index (χ1n) is 5.06. The summed E-state index contributed by atoms with van der Waals surface area (Å²) in [6.07, 6.45) is 0. The van der Waals surface area contributed by atoms with Crippen LogP contribution in [0.3, 0.4) is 0 Å². The second-order valence-corrected chi connectivity index (χ2v) is 5.57. The topological polar surface area (TPSA) is 26.0 Å². The van der Waals surface area contributed by atoms with Gasteiger partial charge in [-0.05, 0) is 36.8 Å². The Hall–Kier alpha value is -0.830. The molecule has 0 aliphatic carbocycles. The highest BCUT2D eigenvalue weighted by Gasteiger charge is 2.06. The molecular formula is C13H11Cl2NS. The molecule has 2 rings (SSSR count). The van der Waals surface area contributed by atoms with Gasteiger partial charge in [-0.2, -0.15) is 0 Å². The van der Waals surface area contributed by atoms with Gasteiger partial charge in [-0.15, -0.1) is 0 Å². The summed E-state index contributed by atoms with van der Waals surface area (Å²) in [5.41, 5.74) is 7.89. The second kappa shape index (κ2) is 5.21. The van der Waals surface area contributed by atoms with Crippen molar-refractivity contribution < 1.29 is 0 Å².